The fourth-order valence-corrected chi connectivity index (χ4v) is 2.00. The number of benzene rings is 1. The molecule has 1 fully saturated rings. The second-order valence-electron chi connectivity index (χ2n) is 4.19. The lowest BCUT2D eigenvalue weighted by Gasteiger charge is -2.27. The van der Waals surface area contributed by atoms with Crippen molar-refractivity contribution in [2.45, 2.75) is 0 Å². The highest BCUT2D eigenvalue weighted by Gasteiger charge is 2.17. The van der Waals surface area contributed by atoms with Crippen LogP contribution in [0.3, 0.4) is 0 Å². The van der Waals surface area contributed by atoms with E-state index < -0.39 is 0 Å². The summed E-state index contributed by atoms with van der Waals surface area (Å²) in [7, 11) is 0. The van der Waals surface area contributed by atoms with E-state index in [1.54, 1.807) is 18.2 Å². The molecule has 0 radical (unpaired) electrons. The Balaban J connectivity index is 1.74. The molecule has 1 aliphatic heterocycles. The number of halogens is 2. The number of carbonyl (C=O) groups excluding carboxylic acids is 1. The van der Waals surface area contributed by atoms with Gasteiger partial charge < -0.3 is 15.4 Å². The molecule has 2 N–H and O–H groups in total. The van der Waals surface area contributed by atoms with Crippen molar-refractivity contribution < 1.29 is 9.53 Å². The molecular formula is C12H14Cl2N2O2. The average molecular weight is 289 g/mol. The first-order valence-electron chi connectivity index (χ1n) is 5.70. The molecule has 0 aliphatic carbocycles. The number of hydrogen-bond acceptors (Lipinski definition) is 3. The first kappa shape index (κ1) is 13.5. The molecule has 4 nitrogen and oxygen atoms in total. The van der Waals surface area contributed by atoms with Gasteiger partial charge in [-0.15, -0.1) is 0 Å². The minimum Gasteiger partial charge on any atom is -0.482 e. The van der Waals surface area contributed by atoms with Gasteiger partial charge in [-0.05, 0) is 18.2 Å². The van der Waals surface area contributed by atoms with Crippen LogP contribution in [0, 0.1) is 5.92 Å². The van der Waals surface area contributed by atoms with Crippen LogP contribution in [0.15, 0.2) is 18.2 Å². The topological polar surface area (TPSA) is 50.4 Å². The molecule has 1 aromatic carbocycles. The summed E-state index contributed by atoms with van der Waals surface area (Å²) in [5, 5.41) is 6.89. The lowest BCUT2D eigenvalue weighted by atomic mass is 10.0. The normalized spacial score (nSPS) is 15.0. The Morgan fingerprint density at radius 2 is 2.22 bits per heavy atom. The monoisotopic (exact) mass is 288 g/mol. The van der Waals surface area contributed by atoms with Gasteiger partial charge >= 0.3 is 0 Å². The van der Waals surface area contributed by atoms with Crippen LogP contribution >= 0.6 is 23.2 Å². The highest BCUT2D eigenvalue weighted by molar-refractivity contribution is 6.35. The molecule has 1 heterocycles. The number of rotatable bonds is 5. The molecule has 1 aromatic rings. The third kappa shape index (κ3) is 3.77. The van der Waals surface area contributed by atoms with Gasteiger partial charge in [-0.1, -0.05) is 23.2 Å². The van der Waals surface area contributed by atoms with Crippen LogP contribution in [0.4, 0.5) is 0 Å². The highest BCUT2D eigenvalue weighted by Crippen LogP contribution is 2.27. The largest absolute Gasteiger partial charge is 0.482 e. The van der Waals surface area contributed by atoms with E-state index >= 15 is 0 Å². The van der Waals surface area contributed by atoms with E-state index in [-0.39, 0.29) is 12.5 Å². The molecule has 0 saturated carbocycles. The van der Waals surface area contributed by atoms with Crippen LogP contribution in [-0.4, -0.2) is 32.1 Å². The van der Waals surface area contributed by atoms with E-state index in [1.165, 1.54) is 0 Å². The van der Waals surface area contributed by atoms with Gasteiger partial charge in [0, 0.05) is 30.6 Å². The number of hydrogen-bond donors (Lipinski definition) is 2. The van der Waals surface area contributed by atoms with Gasteiger partial charge in [-0.25, -0.2) is 0 Å². The van der Waals surface area contributed by atoms with E-state index in [0.717, 1.165) is 13.1 Å². The summed E-state index contributed by atoms with van der Waals surface area (Å²) < 4.78 is 5.32. The summed E-state index contributed by atoms with van der Waals surface area (Å²) >= 11 is 11.7. The van der Waals surface area contributed by atoms with Crippen molar-refractivity contribution in [3.05, 3.63) is 28.2 Å². The molecule has 0 aromatic heterocycles. The molecule has 0 bridgehead atoms. The predicted octanol–water partition coefficient (Wildman–Crippen LogP) is 1.71. The predicted molar refractivity (Wildman–Crippen MR) is 71.3 cm³/mol. The molecule has 18 heavy (non-hydrogen) atoms. The van der Waals surface area contributed by atoms with E-state index in [9.17, 15) is 4.79 Å². The summed E-state index contributed by atoms with van der Waals surface area (Å²) in [6, 6.07) is 4.89. The minimum atomic E-state index is -0.145. The summed E-state index contributed by atoms with van der Waals surface area (Å²) in [6.45, 7) is 2.57. The van der Waals surface area contributed by atoms with Crippen molar-refractivity contribution in [1.82, 2.24) is 10.6 Å². The van der Waals surface area contributed by atoms with Crippen molar-refractivity contribution in [3.63, 3.8) is 0 Å². The molecular weight excluding hydrogens is 275 g/mol. The molecule has 1 aliphatic rings. The van der Waals surface area contributed by atoms with Gasteiger partial charge in [0.1, 0.15) is 5.75 Å². The summed E-state index contributed by atoms with van der Waals surface area (Å²) in [5.74, 6) is 0.850. The third-order valence-electron chi connectivity index (χ3n) is 2.71. The summed E-state index contributed by atoms with van der Waals surface area (Å²) in [4.78, 5) is 11.5. The number of carbonyl (C=O) groups is 1. The van der Waals surface area contributed by atoms with Crippen molar-refractivity contribution in [1.29, 1.82) is 0 Å². The standard InChI is InChI=1S/C12H14Cl2N2O2/c13-9-1-2-11(10(14)3-9)18-7-12(17)16-6-8-4-15-5-8/h1-3,8,15H,4-7H2,(H,16,17). The van der Waals surface area contributed by atoms with Crippen molar-refractivity contribution >= 4 is 29.1 Å². The second-order valence-corrected chi connectivity index (χ2v) is 5.04. The van der Waals surface area contributed by atoms with Crippen LogP contribution in [0.5, 0.6) is 5.75 Å². The molecule has 1 saturated heterocycles. The van der Waals surface area contributed by atoms with Crippen molar-refractivity contribution in [2.75, 3.05) is 26.2 Å². The van der Waals surface area contributed by atoms with Gasteiger partial charge in [0.15, 0.2) is 6.61 Å². The zero-order valence-corrected chi connectivity index (χ0v) is 11.2. The molecule has 0 unspecified atom stereocenters. The SMILES string of the molecule is O=C(COc1ccc(Cl)cc1Cl)NCC1CNC1. The molecule has 0 spiro atoms. The Morgan fingerprint density at radius 3 is 2.83 bits per heavy atom. The third-order valence-corrected chi connectivity index (χ3v) is 3.24. The smallest absolute Gasteiger partial charge is 0.257 e. The number of amides is 1. The number of ether oxygens (including phenoxy) is 1. The van der Waals surface area contributed by atoms with E-state index in [2.05, 4.69) is 10.6 Å². The van der Waals surface area contributed by atoms with Gasteiger partial charge in [-0.3, -0.25) is 4.79 Å². The lowest BCUT2D eigenvalue weighted by molar-refractivity contribution is -0.123. The van der Waals surface area contributed by atoms with Crippen molar-refractivity contribution in [2.24, 2.45) is 5.92 Å². The van der Waals surface area contributed by atoms with Crippen LogP contribution < -0.4 is 15.4 Å². The Hall–Kier alpha value is -0.970. The van der Waals surface area contributed by atoms with Gasteiger partial charge in [-0.2, -0.15) is 0 Å². The molecule has 6 heteroatoms. The maximum absolute atomic E-state index is 11.5. The number of nitrogens with one attached hydrogen (secondary N) is 2. The van der Waals surface area contributed by atoms with Gasteiger partial charge in [0.05, 0.1) is 5.02 Å². The van der Waals surface area contributed by atoms with Crippen molar-refractivity contribution in [3.8, 4) is 5.75 Å². The van der Waals surface area contributed by atoms with Crippen LogP contribution in [0.2, 0.25) is 10.0 Å². The molecule has 2 rings (SSSR count). The van der Waals surface area contributed by atoms with Crippen LogP contribution in [0.25, 0.3) is 0 Å². The quantitative estimate of drug-likeness (QED) is 0.867. The van der Waals surface area contributed by atoms with Gasteiger partial charge in [0.25, 0.3) is 5.91 Å². The summed E-state index contributed by atoms with van der Waals surface area (Å²) in [5.41, 5.74) is 0. The second kappa shape index (κ2) is 6.27. The fourth-order valence-electron chi connectivity index (χ4n) is 1.54. The Labute approximate surface area is 116 Å². The molecule has 98 valence electrons. The maximum Gasteiger partial charge on any atom is 0.257 e. The van der Waals surface area contributed by atoms with E-state index in [1.807, 2.05) is 0 Å². The van der Waals surface area contributed by atoms with E-state index in [4.69, 9.17) is 27.9 Å². The first-order valence-corrected chi connectivity index (χ1v) is 6.46. The van der Waals surface area contributed by atoms with Crippen LogP contribution in [-0.2, 0) is 4.79 Å². The van der Waals surface area contributed by atoms with Gasteiger partial charge in [0.2, 0.25) is 0 Å². The zero-order chi connectivity index (χ0) is 13.0. The molecule has 1 amide bonds. The maximum atomic E-state index is 11.5. The Kier molecular flexibility index (Phi) is 4.69. The first-order chi connectivity index (χ1) is 8.65. The highest BCUT2D eigenvalue weighted by atomic mass is 35.5. The van der Waals surface area contributed by atoms with E-state index in [0.29, 0.717) is 28.3 Å². The lowest BCUT2D eigenvalue weighted by Crippen LogP contribution is -2.48. The average Bonchev–Trinajstić information content (AvgIpc) is 2.25. The molecule has 0 atom stereocenters. The summed E-state index contributed by atoms with van der Waals surface area (Å²) in [6.07, 6.45) is 0. The Morgan fingerprint density at radius 1 is 1.44 bits per heavy atom. The van der Waals surface area contributed by atoms with Crippen LogP contribution in [0.1, 0.15) is 0 Å². The minimum absolute atomic E-state index is 0.0402. The fraction of sp³-hybridized carbons (Fsp3) is 0.417. The Bertz CT molecular complexity index is 436. The zero-order valence-electron chi connectivity index (χ0n) is 9.71.